The molecule has 2 aromatic carbocycles. The lowest BCUT2D eigenvalue weighted by Crippen LogP contribution is -2.26. The Kier molecular flexibility index (Phi) is 7.39. The predicted molar refractivity (Wildman–Crippen MR) is 157 cm³/mol. The fourth-order valence-corrected chi connectivity index (χ4v) is 5.83. The summed E-state index contributed by atoms with van der Waals surface area (Å²) in [5, 5.41) is 1.75. The molecule has 5 rings (SSSR count). The van der Waals surface area contributed by atoms with Gasteiger partial charge in [0.05, 0.1) is 17.9 Å². The summed E-state index contributed by atoms with van der Waals surface area (Å²) in [6, 6.07) is 13.4. The lowest BCUT2D eigenvalue weighted by atomic mass is 9.99. The number of thioether (sulfide) groups is 1. The first-order valence-electron chi connectivity index (χ1n) is 12.0. The van der Waals surface area contributed by atoms with Crippen LogP contribution in [-0.4, -0.2) is 20.8 Å². The fourth-order valence-electron chi connectivity index (χ4n) is 5.01. The van der Waals surface area contributed by atoms with Gasteiger partial charge in [-0.1, -0.05) is 36.2 Å². The maximum atomic E-state index is 15.1. The molecule has 0 aliphatic carbocycles. The zero-order valence-corrected chi connectivity index (χ0v) is 23.4. The molecule has 7 N–H and O–H groups in total. The second-order valence-corrected chi connectivity index (χ2v) is 11.1. The van der Waals surface area contributed by atoms with Crippen LogP contribution in [0.3, 0.4) is 0 Å². The Balaban J connectivity index is 1.57. The molecule has 0 saturated heterocycles. The summed E-state index contributed by atoms with van der Waals surface area (Å²) < 4.78 is 16.8. The molecular formula is C27H26Cl2FN7OS. The first-order valence-corrected chi connectivity index (χ1v) is 14.0. The highest BCUT2D eigenvalue weighted by Gasteiger charge is 2.33. The number of nitrogens with one attached hydrogen (secondary N) is 1. The molecule has 0 radical (unpaired) electrons. The maximum absolute atomic E-state index is 15.1. The number of hydrogen-bond donors (Lipinski definition) is 4. The van der Waals surface area contributed by atoms with Gasteiger partial charge in [0.1, 0.15) is 16.7 Å². The molecule has 8 nitrogen and oxygen atoms in total. The first-order chi connectivity index (χ1) is 18.6. The summed E-state index contributed by atoms with van der Waals surface area (Å²) in [4.78, 5) is 21.7. The normalized spacial score (nSPS) is 16.9. The van der Waals surface area contributed by atoms with Crippen molar-refractivity contribution in [2.24, 2.45) is 11.6 Å². The minimum absolute atomic E-state index is 0.00224. The summed E-state index contributed by atoms with van der Waals surface area (Å²) in [7, 11) is 0. The zero-order chi connectivity index (χ0) is 28.0. The van der Waals surface area contributed by atoms with E-state index in [4.69, 9.17) is 40.5 Å². The third kappa shape index (κ3) is 5.12. The van der Waals surface area contributed by atoms with Gasteiger partial charge in [-0.2, -0.15) is 4.39 Å². The number of hydrazine groups is 1. The molecule has 1 aliphatic rings. The summed E-state index contributed by atoms with van der Waals surface area (Å²) in [5.74, 6) is 5.97. The number of benzene rings is 2. The monoisotopic (exact) mass is 585 g/mol. The van der Waals surface area contributed by atoms with E-state index in [9.17, 15) is 4.79 Å². The standard InChI is InChI=1S/C27H26Cl2FN7OS/c1-13-7-21(27-34-25(26(30)35-27)14-3-5-18(31)22(9-14)39-2)37-20(13)8-15(10-24(37)38)17-11-16(28)4-6-19(17)36(33)12-23(29)32/h3-6,8-13,21H,7,31-33H2,1-2H3,(H,34,35)/b23-12-/t13-,21?/m1/s1. The van der Waals surface area contributed by atoms with E-state index in [-0.39, 0.29) is 22.3 Å². The van der Waals surface area contributed by atoms with Crippen LogP contribution in [0.5, 0.6) is 0 Å². The fraction of sp³-hybridized carbons (Fsp3) is 0.185. The van der Waals surface area contributed by atoms with Crippen molar-refractivity contribution in [3.05, 3.63) is 92.7 Å². The summed E-state index contributed by atoms with van der Waals surface area (Å²) >= 11 is 13.6. The molecule has 3 heterocycles. The number of imidazole rings is 1. The van der Waals surface area contributed by atoms with Gasteiger partial charge in [0.25, 0.3) is 5.56 Å². The molecule has 0 saturated carbocycles. The summed E-state index contributed by atoms with van der Waals surface area (Å²) in [5.41, 5.74) is 15.4. The summed E-state index contributed by atoms with van der Waals surface area (Å²) in [6.45, 7) is 2.02. The van der Waals surface area contributed by atoms with Gasteiger partial charge in [0, 0.05) is 38.5 Å². The van der Waals surface area contributed by atoms with Crippen molar-refractivity contribution in [3.8, 4) is 22.4 Å². The third-order valence-corrected chi connectivity index (χ3v) is 7.93. The van der Waals surface area contributed by atoms with Gasteiger partial charge in [0.2, 0.25) is 5.95 Å². The van der Waals surface area contributed by atoms with Gasteiger partial charge in [0.15, 0.2) is 0 Å². The zero-order valence-electron chi connectivity index (χ0n) is 21.1. The molecule has 12 heteroatoms. The molecule has 4 aromatic rings. The van der Waals surface area contributed by atoms with Crippen LogP contribution in [0.25, 0.3) is 22.4 Å². The predicted octanol–water partition coefficient (Wildman–Crippen LogP) is 5.78. The first kappa shape index (κ1) is 27.1. The number of rotatable bonds is 6. The van der Waals surface area contributed by atoms with Crippen LogP contribution in [0, 0.1) is 5.95 Å². The number of nitrogens with two attached hydrogens (primary N) is 3. The van der Waals surface area contributed by atoms with Crippen LogP contribution >= 0.6 is 35.0 Å². The van der Waals surface area contributed by atoms with Crippen LogP contribution in [0.2, 0.25) is 5.02 Å². The van der Waals surface area contributed by atoms with E-state index in [0.29, 0.717) is 45.3 Å². The van der Waals surface area contributed by atoms with Crippen molar-refractivity contribution in [1.82, 2.24) is 14.5 Å². The molecule has 0 fully saturated rings. The van der Waals surface area contributed by atoms with Gasteiger partial charge >= 0.3 is 0 Å². The second kappa shape index (κ2) is 10.6. The van der Waals surface area contributed by atoms with Gasteiger partial charge in [-0.05, 0) is 60.6 Å². The molecular weight excluding hydrogens is 560 g/mol. The Bertz CT molecular complexity index is 1660. The average molecular weight is 587 g/mol. The average Bonchev–Trinajstić information content (AvgIpc) is 3.43. The van der Waals surface area contributed by atoms with Gasteiger partial charge in [-0.3, -0.25) is 9.80 Å². The SMILES string of the molecule is CSc1cc(-c2nc(C3C[C@@H](C)c4cc(-c5cc(Cl)ccc5N(N)/C=C(\N)Cl)cc(=O)n43)[nH]c2F)ccc1N. The molecule has 1 aliphatic heterocycles. The number of halogens is 3. The molecule has 1 unspecified atom stereocenters. The van der Waals surface area contributed by atoms with E-state index >= 15 is 4.39 Å². The number of aromatic amines is 1. The van der Waals surface area contributed by atoms with E-state index in [1.807, 2.05) is 25.3 Å². The van der Waals surface area contributed by atoms with Crippen LogP contribution in [0.1, 0.15) is 36.8 Å². The smallest absolute Gasteiger partial charge is 0.252 e. The number of pyridine rings is 1. The number of hydrogen-bond acceptors (Lipinski definition) is 7. The molecule has 202 valence electrons. The number of aromatic nitrogens is 3. The highest BCUT2D eigenvalue weighted by Crippen LogP contribution is 2.41. The largest absolute Gasteiger partial charge is 0.398 e. The number of anilines is 2. The Hall–Kier alpha value is -3.44. The number of H-pyrrole nitrogens is 1. The van der Waals surface area contributed by atoms with Gasteiger partial charge in [-0.25, -0.2) is 10.8 Å². The summed E-state index contributed by atoms with van der Waals surface area (Å²) in [6.07, 6.45) is 3.83. The van der Waals surface area contributed by atoms with Crippen molar-refractivity contribution < 1.29 is 4.39 Å². The topological polar surface area (TPSA) is 132 Å². The third-order valence-electron chi connectivity index (χ3n) is 6.80. The number of nitrogens with zero attached hydrogens (tertiary/aromatic N) is 3. The van der Waals surface area contributed by atoms with Crippen molar-refractivity contribution in [1.29, 1.82) is 0 Å². The molecule has 2 atom stereocenters. The number of nitrogen functional groups attached to an aromatic ring is 1. The Morgan fingerprint density at radius 1 is 1.23 bits per heavy atom. The van der Waals surface area contributed by atoms with Crippen LogP contribution in [0.4, 0.5) is 15.8 Å². The Morgan fingerprint density at radius 2 is 2.00 bits per heavy atom. The van der Waals surface area contributed by atoms with Gasteiger partial charge in [-0.15, -0.1) is 11.8 Å². The van der Waals surface area contributed by atoms with Crippen molar-refractivity contribution in [2.45, 2.75) is 30.2 Å². The highest BCUT2D eigenvalue weighted by atomic mass is 35.5. The number of fused-ring (bicyclic) bond motifs is 1. The minimum atomic E-state index is -0.564. The van der Waals surface area contributed by atoms with Crippen molar-refractivity contribution in [3.63, 3.8) is 0 Å². The van der Waals surface area contributed by atoms with Gasteiger partial charge < -0.3 is 21.0 Å². The van der Waals surface area contributed by atoms with Crippen molar-refractivity contribution >= 4 is 46.3 Å². The van der Waals surface area contributed by atoms with E-state index in [0.717, 1.165) is 10.6 Å². The van der Waals surface area contributed by atoms with Crippen LogP contribution in [0.15, 0.2) is 69.6 Å². The lowest BCUT2D eigenvalue weighted by Gasteiger charge is -2.20. The Morgan fingerprint density at radius 3 is 2.72 bits per heavy atom. The van der Waals surface area contributed by atoms with E-state index in [1.54, 1.807) is 34.9 Å². The van der Waals surface area contributed by atoms with E-state index in [2.05, 4.69) is 9.97 Å². The molecule has 39 heavy (non-hydrogen) atoms. The van der Waals surface area contributed by atoms with E-state index in [1.165, 1.54) is 29.0 Å². The molecule has 2 aromatic heterocycles. The van der Waals surface area contributed by atoms with Crippen molar-refractivity contribution in [2.75, 3.05) is 17.0 Å². The van der Waals surface area contributed by atoms with Crippen LogP contribution < -0.4 is 27.9 Å². The molecule has 0 spiro atoms. The molecule has 0 bridgehead atoms. The Labute approximate surface area is 238 Å². The second-order valence-electron chi connectivity index (χ2n) is 9.35. The van der Waals surface area contributed by atoms with E-state index < -0.39 is 12.0 Å². The lowest BCUT2D eigenvalue weighted by molar-refractivity contribution is 0.538. The highest BCUT2D eigenvalue weighted by molar-refractivity contribution is 7.98. The quantitative estimate of drug-likeness (QED) is 0.0741. The maximum Gasteiger partial charge on any atom is 0.252 e. The van der Waals surface area contributed by atoms with Crippen LogP contribution in [-0.2, 0) is 0 Å². The minimum Gasteiger partial charge on any atom is -0.398 e. The molecule has 0 amide bonds.